The van der Waals surface area contributed by atoms with Crippen LogP contribution < -0.4 is 0 Å². The Balaban J connectivity index is 2.08. The second kappa shape index (κ2) is 5.53. The summed E-state index contributed by atoms with van der Waals surface area (Å²) in [6, 6.07) is 15.0. The van der Waals surface area contributed by atoms with E-state index in [1.54, 1.807) is 12.1 Å². The molecule has 0 aliphatic rings. The van der Waals surface area contributed by atoms with Gasteiger partial charge in [0.2, 0.25) is 0 Å². The van der Waals surface area contributed by atoms with Gasteiger partial charge in [0.05, 0.1) is 5.56 Å². The number of benzene rings is 2. The molecule has 0 atom stereocenters. The predicted molar refractivity (Wildman–Crippen MR) is 76.8 cm³/mol. The number of esters is 1. The van der Waals surface area contributed by atoms with E-state index >= 15 is 0 Å². The fourth-order valence-electron chi connectivity index (χ4n) is 1.66. The van der Waals surface area contributed by atoms with Gasteiger partial charge in [0.15, 0.2) is 0 Å². The van der Waals surface area contributed by atoms with Crippen LogP contribution in [0.5, 0.6) is 0 Å². The molecule has 0 amide bonds. The Morgan fingerprint density at radius 2 is 1.26 bits per heavy atom. The van der Waals surface area contributed by atoms with Gasteiger partial charge in [-0.3, -0.25) is 0 Å². The number of aryl methyl sites for hydroxylation is 2. The topological polar surface area (TPSA) is 26.3 Å². The summed E-state index contributed by atoms with van der Waals surface area (Å²) in [6.45, 7) is 7.77. The highest BCUT2D eigenvalue weighted by atomic mass is 16.5. The minimum absolute atomic E-state index is 0.366. The van der Waals surface area contributed by atoms with Crippen LogP contribution in [-0.4, -0.2) is 5.97 Å². The van der Waals surface area contributed by atoms with Gasteiger partial charge in [-0.15, -0.1) is 0 Å². The monoisotopic (exact) mass is 252 g/mol. The highest BCUT2D eigenvalue weighted by Crippen LogP contribution is 2.17. The lowest BCUT2D eigenvalue weighted by molar-refractivity contribution is 0.0693. The van der Waals surface area contributed by atoms with Crippen LogP contribution in [0.2, 0.25) is 0 Å². The van der Waals surface area contributed by atoms with E-state index in [-0.39, 0.29) is 5.97 Å². The third-order valence-electron chi connectivity index (χ3n) is 2.88. The fourth-order valence-corrected chi connectivity index (χ4v) is 1.66. The normalized spacial score (nSPS) is 10.0. The first kappa shape index (κ1) is 13.1. The van der Waals surface area contributed by atoms with Gasteiger partial charge < -0.3 is 4.74 Å². The molecule has 0 saturated carbocycles. The minimum Gasteiger partial charge on any atom is -0.423 e. The number of carbonyl (C=O) groups is 1. The molecule has 2 heteroatoms. The van der Waals surface area contributed by atoms with Crippen LogP contribution in [0.1, 0.15) is 27.0 Å². The van der Waals surface area contributed by atoms with Crippen molar-refractivity contribution in [3.05, 3.63) is 77.4 Å². The SMILES string of the molecule is C=C(OC(=O)c1ccc(C)cc1)c1ccc(C)cc1. The molecule has 2 rings (SSSR count). The standard InChI is InChI=1S/C17H16O2/c1-12-4-8-15(9-5-12)14(3)19-17(18)16-10-6-13(2)7-11-16/h4-11H,3H2,1-2H3. The number of ether oxygens (including phenoxy) is 1. The van der Waals surface area contributed by atoms with Crippen molar-refractivity contribution in [3.63, 3.8) is 0 Å². The van der Waals surface area contributed by atoms with Gasteiger partial charge in [0, 0.05) is 5.56 Å². The molecular weight excluding hydrogens is 236 g/mol. The smallest absolute Gasteiger partial charge is 0.343 e. The largest absolute Gasteiger partial charge is 0.423 e. The maximum absolute atomic E-state index is 11.9. The van der Waals surface area contributed by atoms with Crippen LogP contribution in [0.4, 0.5) is 0 Å². The molecule has 0 bridgehead atoms. The average Bonchev–Trinajstić information content (AvgIpc) is 2.40. The van der Waals surface area contributed by atoms with Crippen molar-refractivity contribution in [1.29, 1.82) is 0 Å². The van der Waals surface area contributed by atoms with Crippen molar-refractivity contribution in [2.24, 2.45) is 0 Å². The number of hydrogen-bond donors (Lipinski definition) is 0. The fraction of sp³-hybridized carbons (Fsp3) is 0.118. The lowest BCUT2D eigenvalue weighted by Gasteiger charge is -2.08. The maximum Gasteiger partial charge on any atom is 0.343 e. The van der Waals surface area contributed by atoms with E-state index in [0.717, 1.165) is 16.7 Å². The third-order valence-corrected chi connectivity index (χ3v) is 2.88. The van der Waals surface area contributed by atoms with Crippen molar-refractivity contribution in [3.8, 4) is 0 Å². The summed E-state index contributed by atoms with van der Waals surface area (Å²) >= 11 is 0. The molecule has 0 fully saturated rings. The van der Waals surface area contributed by atoms with E-state index in [2.05, 4.69) is 6.58 Å². The van der Waals surface area contributed by atoms with Gasteiger partial charge in [-0.2, -0.15) is 0 Å². The third kappa shape index (κ3) is 3.32. The van der Waals surface area contributed by atoms with Crippen LogP contribution in [0, 0.1) is 13.8 Å². The van der Waals surface area contributed by atoms with Crippen molar-refractivity contribution in [2.75, 3.05) is 0 Å². The lowest BCUT2D eigenvalue weighted by atomic mass is 10.1. The summed E-state index contributed by atoms with van der Waals surface area (Å²) in [5, 5.41) is 0. The molecule has 2 nitrogen and oxygen atoms in total. The molecule has 0 unspecified atom stereocenters. The molecule has 96 valence electrons. The highest BCUT2D eigenvalue weighted by molar-refractivity contribution is 5.92. The summed E-state index contributed by atoms with van der Waals surface area (Å²) in [5.41, 5.74) is 3.60. The molecule has 2 aromatic rings. The minimum atomic E-state index is -0.384. The number of rotatable bonds is 3. The Hall–Kier alpha value is -2.35. The first-order valence-electron chi connectivity index (χ1n) is 6.11. The van der Waals surface area contributed by atoms with Crippen molar-refractivity contribution in [1.82, 2.24) is 0 Å². The number of carbonyl (C=O) groups excluding carboxylic acids is 1. The number of hydrogen-bond acceptors (Lipinski definition) is 2. The molecule has 0 N–H and O–H groups in total. The average molecular weight is 252 g/mol. The van der Waals surface area contributed by atoms with Gasteiger partial charge in [-0.1, -0.05) is 54.1 Å². The van der Waals surface area contributed by atoms with Crippen LogP contribution >= 0.6 is 0 Å². The summed E-state index contributed by atoms with van der Waals surface area (Å²) in [7, 11) is 0. The summed E-state index contributed by atoms with van der Waals surface area (Å²) < 4.78 is 5.27. The Morgan fingerprint density at radius 1 is 0.842 bits per heavy atom. The first-order valence-corrected chi connectivity index (χ1v) is 6.11. The van der Waals surface area contributed by atoms with Gasteiger partial charge in [-0.05, 0) is 26.0 Å². The van der Waals surface area contributed by atoms with E-state index in [1.807, 2.05) is 50.2 Å². The molecule has 2 aromatic carbocycles. The Morgan fingerprint density at radius 3 is 1.74 bits per heavy atom. The van der Waals surface area contributed by atoms with Crippen molar-refractivity contribution in [2.45, 2.75) is 13.8 Å². The summed E-state index contributed by atoms with van der Waals surface area (Å²) in [6.07, 6.45) is 0. The van der Waals surface area contributed by atoms with Gasteiger partial charge >= 0.3 is 5.97 Å². The molecule has 0 spiro atoms. The van der Waals surface area contributed by atoms with Gasteiger partial charge in [0.25, 0.3) is 0 Å². The Bertz CT molecular complexity index is 537. The van der Waals surface area contributed by atoms with Gasteiger partial charge in [0.1, 0.15) is 5.76 Å². The van der Waals surface area contributed by atoms with E-state index < -0.39 is 0 Å². The zero-order valence-electron chi connectivity index (χ0n) is 11.1. The first-order chi connectivity index (χ1) is 9.06. The van der Waals surface area contributed by atoms with Crippen LogP contribution in [0.25, 0.3) is 5.76 Å². The van der Waals surface area contributed by atoms with E-state index in [9.17, 15) is 4.79 Å². The molecule has 0 aliphatic carbocycles. The lowest BCUT2D eigenvalue weighted by Crippen LogP contribution is -2.04. The molecule has 0 radical (unpaired) electrons. The van der Waals surface area contributed by atoms with Crippen LogP contribution in [0.3, 0.4) is 0 Å². The molecule has 0 aliphatic heterocycles. The van der Waals surface area contributed by atoms with E-state index in [4.69, 9.17) is 4.74 Å². The summed E-state index contributed by atoms with van der Waals surface area (Å²) in [4.78, 5) is 11.9. The van der Waals surface area contributed by atoms with Crippen molar-refractivity contribution >= 4 is 11.7 Å². The van der Waals surface area contributed by atoms with E-state index in [0.29, 0.717) is 11.3 Å². The zero-order chi connectivity index (χ0) is 13.8. The second-order valence-corrected chi connectivity index (χ2v) is 4.54. The highest BCUT2D eigenvalue weighted by Gasteiger charge is 2.10. The van der Waals surface area contributed by atoms with Crippen LogP contribution in [0.15, 0.2) is 55.1 Å². The van der Waals surface area contributed by atoms with E-state index in [1.165, 1.54) is 0 Å². The summed E-state index contributed by atoms with van der Waals surface area (Å²) in [5.74, 6) is -0.0175. The molecule has 0 aromatic heterocycles. The zero-order valence-corrected chi connectivity index (χ0v) is 11.1. The Kier molecular flexibility index (Phi) is 3.81. The predicted octanol–water partition coefficient (Wildman–Crippen LogP) is 4.13. The van der Waals surface area contributed by atoms with Crippen LogP contribution in [-0.2, 0) is 4.74 Å². The molecular formula is C17H16O2. The maximum atomic E-state index is 11.9. The Labute approximate surface area is 113 Å². The quantitative estimate of drug-likeness (QED) is 0.606. The van der Waals surface area contributed by atoms with Crippen molar-refractivity contribution < 1.29 is 9.53 Å². The van der Waals surface area contributed by atoms with Gasteiger partial charge in [-0.25, -0.2) is 4.79 Å². The second-order valence-electron chi connectivity index (χ2n) is 4.54. The molecule has 0 saturated heterocycles. The molecule has 0 heterocycles. The molecule has 19 heavy (non-hydrogen) atoms.